The number of hydrogen-bond donors (Lipinski definition) is 1. The fourth-order valence-corrected chi connectivity index (χ4v) is 3.28. The summed E-state index contributed by atoms with van der Waals surface area (Å²) in [7, 11) is 2.03. The van der Waals surface area contributed by atoms with Gasteiger partial charge in [-0.15, -0.1) is 0 Å². The highest BCUT2D eigenvalue weighted by molar-refractivity contribution is 5.93. The van der Waals surface area contributed by atoms with Gasteiger partial charge in [-0.25, -0.2) is 0 Å². The van der Waals surface area contributed by atoms with Crippen LogP contribution in [0.25, 0.3) is 10.8 Å². The van der Waals surface area contributed by atoms with Gasteiger partial charge in [-0.1, -0.05) is 12.1 Å². The first-order chi connectivity index (χ1) is 10.3. The van der Waals surface area contributed by atoms with E-state index in [1.807, 2.05) is 30.3 Å². The van der Waals surface area contributed by atoms with E-state index in [9.17, 15) is 0 Å². The predicted molar refractivity (Wildman–Crippen MR) is 84.3 cm³/mol. The second-order valence-electron chi connectivity index (χ2n) is 5.66. The monoisotopic (exact) mass is 278 g/mol. The minimum absolute atomic E-state index is 0.341. The average molecular weight is 278 g/mol. The highest BCUT2D eigenvalue weighted by Gasteiger charge is 2.23. The highest BCUT2D eigenvalue weighted by atomic mass is 15.3. The fourth-order valence-electron chi connectivity index (χ4n) is 3.28. The van der Waals surface area contributed by atoms with Gasteiger partial charge in [-0.3, -0.25) is 9.67 Å². The lowest BCUT2D eigenvalue weighted by atomic mass is 9.92. The molecule has 2 heterocycles. The molecule has 1 aliphatic carbocycles. The van der Waals surface area contributed by atoms with E-state index in [0.717, 1.165) is 18.5 Å². The van der Waals surface area contributed by atoms with E-state index in [0.29, 0.717) is 6.04 Å². The third kappa shape index (κ3) is 2.07. The van der Waals surface area contributed by atoms with E-state index in [-0.39, 0.29) is 0 Å². The molecule has 21 heavy (non-hydrogen) atoms. The number of nitrogens with one attached hydrogen (secondary N) is 1. The summed E-state index contributed by atoms with van der Waals surface area (Å²) in [5.41, 5.74) is 3.85. The van der Waals surface area contributed by atoms with Crippen molar-refractivity contribution in [2.45, 2.75) is 25.3 Å². The molecule has 0 saturated heterocycles. The number of nitrogens with zero attached hydrogens (tertiary/aromatic N) is 3. The van der Waals surface area contributed by atoms with Crippen molar-refractivity contribution in [3.05, 3.63) is 54.1 Å². The number of anilines is 1. The van der Waals surface area contributed by atoms with E-state index in [4.69, 9.17) is 0 Å². The zero-order valence-corrected chi connectivity index (χ0v) is 12.1. The van der Waals surface area contributed by atoms with Gasteiger partial charge >= 0.3 is 0 Å². The summed E-state index contributed by atoms with van der Waals surface area (Å²) in [5.74, 6) is 0. The van der Waals surface area contributed by atoms with Crippen molar-refractivity contribution in [1.82, 2.24) is 14.8 Å². The van der Waals surface area contributed by atoms with Crippen LogP contribution in [0.5, 0.6) is 0 Å². The fraction of sp³-hybridized carbons (Fsp3) is 0.294. The maximum Gasteiger partial charge on any atom is 0.0548 e. The molecule has 0 saturated carbocycles. The van der Waals surface area contributed by atoms with Crippen LogP contribution in [0, 0.1) is 0 Å². The number of aryl methyl sites for hydroxylation is 1. The number of rotatable bonds is 2. The van der Waals surface area contributed by atoms with Crippen LogP contribution in [-0.4, -0.2) is 14.8 Å². The third-order valence-corrected chi connectivity index (χ3v) is 4.39. The molecule has 1 unspecified atom stereocenters. The van der Waals surface area contributed by atoms with E-state index in [1.165, 1.54) is 28.5 Å². The Kier molecular flexibility index (Phi) is 2.88. The molecule has 0 bridgehead atoms. The molecular formula is C17H18N4. The summed E-state index contributed by atoms with van der Waals surface area (Å²) in [6, 6.07) is 8.75. The summed E-state index contributed by atoms with van der Waals surface area (Å²) in [4.78, 5) is 4.26. The first-order valence-electron chi connectivity index (χ1n) is 7.43. The van der Waals surface area contributed by atoms with Crippen molar-refractivity contribution in [2.24, 2.45) is 7.05 Å². The number of hydrogen-bond acceptors (Lipinski definition) is 3. The van der Waals surface area contributed by atoms with Crippen LogP contribution in [0.15, 0.2) is 42.9 Å². The maximum atomic E-state index is 4.42. The number of benzene rings is 1. The van der Waals surface area contributed by atoms with Gasteiger partial charge in [-0.05, 0) is 36.8 Å². The lowest BCUT2D eigenvalue weighted by Gasteiger charge is -2.25. The SMILES string of the molecule is Cn1ncc2c1CCCC2Nc1cccc2ccncc12. The Bertz CT molecular complexity index is 785. The molecule has 3 aromatic rings. The van der Waals surface area contributed by atoms with Gasteiger partial charge in [0.15, 0.2) is 0 Å². The topological polar surface area (TPSA) is 42.7 Å². The molecule has 0 radical (unpaired) electrons. The van der Waals surface area contributed by atoms with Crippen LogP contribution in [0.2, 0.25) is 0 Å². The first-order valence-corrected chi connectivity index (χ1v) is 7.43. The molecule has 1 atom stereocenters. The van der Waals surface area contributed by atoms with Crippen LogP contribution in [0.1, 0.15) is 30.1 Å². The van der Waals surface area contributed by atoms with Crippen LogP contribution in [0.4, 0.5) is 5.69 Å². The molecule has 0 amide bonds. The molecule has 0 aliphatic heterocycles. The molecule has 1 aromatic carbocycles. The van der Waals surface area contributed by atoms with E-state index >= 15 is 0 Å². The molecule has 2 aromatic heterocycles. The average Bonchev–Trinajstić information content (AvgIpc) is 2.90. The summed E-state index contributed by atoms with van der Waals surface area (Å²) < 4.78 is 2.01. The van der Waals surface area contributed by atoms with Crippen LogP contribution in [-0.2, 0) is 13.5 Å². The lowest BCUT2D eigenvalue weighted by molar-refractivity contribution is 0.572. The van der Waals surface area contributed by atoms with Crippen molar-refractivity contribution in [2.75, 3.05) is 5.32 Å². The molecule has 4 rings (SSSR count). The molecule has 0 fully saturated rings. The molecular weight excluding hydrogens is 260 g/mol. The Morgan fingerprint density at radius 1 is 1.24 bits per heavy atom. The molecule has 4 heteroatoms. The lowest BCUT2D eigenvalue weighted by Crippen LogP contribution is -2.17. The Balaban J connectivity index is 1.73. The van der Waals surface area contributed by atoms with E-state index < -0.39 is 0 Å². The van der Waals surface area contributed by atoms with Crippen LogP contribution in [0.3, 0.4) is 0 Å². The van der Waals surface area contributed by atoms with Crippen molar-refractivity contribution < 1.29 is 0 Å². The van der Waals surface area contributed by atoms with Gasteiger partial charge in [0, 0.05) is 41.8 Å². The van der Waals surface area contributed by atoms with Crippen molar-refractivity contribution in [3.63, 3.8) is 0 Å². The maximum absolute atomic E-state index is 4.42. The normalized spacial score (nSPS) is 17.7. The summed E-state index contributed by atoms with van der Waals surface area (Å²) in [5, 5.41) is 10.5. The summed E-state index contributed by atoms with van der Waals surface area (Å²) >= 11 is 0. The van der Waals surface area contributed by atoms with Crippen molar-refractivity contribution >= 4 is 16.5 Å². The predicted octanol–water partition coefficient (Wildman–Crippen LogP) is 3.46. The van der Waals surface area contributed by atoms with Gasteiger partial charge in [0.05, 0.1) is 12.2 Å². The van der Waals surface area contributed by atoms with Gasteiger partial charge in [0.25, 0.3) is 0 Å². The molecule has 1 N–H and O–H groups in total. The molecule has 106 valence electrons. The van der Waals surface area contributed by atoms with Gasteiger partial charge < -0.3 is 5.32 Å². The Labute approximate surface area is 123 Å². The molecule has 0 spiro atoms. The van der Waals surface area contributed by atoms with E-state index in [2.05, 4.69) is 39.7 Å². The second kappa shape index (κ2) is 4.88. The van der Waals surface area contributed by atoms with Gasteiger partial charge in [0.2, 0.25) is 0 Å². The van der Waals surface area contributed by atoms with Gasteiger partial charge in [0.1, 0.15) is 0 Å². The minimum atomic E-state index is 0.341. The summed E-state index contributed by atoms with van der Waals surface area (Å²) in [6.45, 7) is 0. The standard InChI is InChI=1S/C17H18N4/c1-21-17-7-3-6-16(14(17)11-19-21)20-15-5-2-4-12-8-9-18-10-13(12)15/h2,4-5,8-11,16,20H,3,6-7H2,1H3. The van der Waals surface area contributed by atoms with Gasteiger partial charge in [-0.2, -0.15) is 5.10 Å². The van der Waals surface area contributed by atoms with Crippen LogP contribution >= 0.6 is 0 Å². The molecule has 1 aliphatic rings. The van der Waals surface area contributed by atoms with Crippen molar-refractivity contribution in [3.8, 4) is 0 Å². The Morgan fingerprint density at radius 3 is 3.14 bits per heavy atom. The second-order valence-corrected chi connectivity index (χ2v) is 5.66. The molecule has 4 nitrogen and oxygen atoms in total. The minimum Gasteiger partial charge on any atom is -0.378 e. The quantitative estimate of drug-likeness (QED) is 0.780. The Morgan fingerprint density at radius 2 is 2.19 bits per heavy atom. The smallest absolute Gasteiger partial charge is 0.0548 e. The highest BCUT2D eigenvalue weighted by Crippen LogP contribution is 2.34. The third-order valence-electron chi connectivity index (χ3n) is 4.39. The number of aromatic nitrogens is 3. The zero-order chi connectivity index (χ0) is 14.2. The Hall–Kier alpha value is -2.36. The van der Waals surface area contributed by atoms with Crippen molar-refractivity contribution in [1.29, 1.82) is 0 Å². The number of pyridine rings is 1. The van der Waals surface area contributed by atoms with E-state index in [1.54, 1.807) is 0 Å². The largest absolute Gasteiger partial charge is 0.378 e. The number of fused-ring (bicyclic) bond motifs is 2. The zero-order valence-electron chi connectivity index (χ0n) is 12.1. The first kappa shape index (κ1) is 12.4. The summed E-state index contributed by atoms with van der Waals surface area (Å²) in [6.07, 6.45) is 9.26. The van der Waals surface area contributed by atoms with Crippen LogP contribution < -0.4 is 5.32 Å².